The van der Waals surface area contributed by atoms with Gasteiger partial charge in [-0.3, -0.25) is 0 Å². The standard InChI is InChI=1S/C17H25FO2/c1-3-20-17(10-6-4-5-7-11-17)16(19)14-9-8-13(2)15(18)12-14/h8-9,12,16,19H,3-7,10-11H2,1-2H3. The van der Waals surface area contributed by atoms with E-state index >= 15 is 0 Å². The summed E-state index contributed by atoms with van der Waals surface area (Å²) in [6.45, 7) is 4.26. The number of ether oxygens (including phenoxy) is 1. The molecule has 20 heavy (non-hydrogen) atoms. The van der Waals surface area contributed by atoms with Crippen LogP contribution in [0.2, 0.25) is 0 Å². The zero-order valence-electron chi connectivity index (χ0n) is 12.5. The maximum atomic E-state index is 13.7. The highest BCUT2D eigenvalue weighted by atomic mass is 19.1. The fraction of sp³-hybridized carbons (Fsp3) is 0.647. The van der Waals surface area contributed by atoms with Crippen LogP contribution < -0.4 is 0 Å². The van der Waals surface area contributed by atoms with Gasteiger partial charge in [-0.25, -0.2) is 4.39 Å². The minimum Gasteiger partial charge on any atom is -0.385 e. The highest BCUT2D eigenvalue weighted by Gasteiger charge is 2.39. The summed E-state index contributed by atoms with van der Waals surface area (Å²) in [7, 11) is 0. The molecule has 2 nitrogen and oxygen atoms in total. The third-order valence-electron chi connectivity index (χ3n) is 4.39. The second-order valence-corrected chi connectivity index (χ2v) is 5.82. The van der Waals surface area contributed by atoms with Crippen LogP contribution in [-0.2, 0) is 4.74 Å². The molecule has 1 atom stereocenters. The van der Waals surface area contributed by atoms with E-state index in [9.17, 15) is 9.50 Å². The SMILES string of the molecule is CCOC1(C(O)c2ccc(C)c(F)c2)CCCCCC1. The Labute approximate surface area is 121 Å². The van der Waals surface area contributed by atoms with Crippen molar-refractivity contribution in [2.24, 2.45) is 0 Å². The van der Waals surface area contributed by atoms with Gasteiger partial charge < -0.3 is 9.84 Å². The molecule has 1 aliphatic carbocycles. The van der Waals surface area contributed by atoms with Crippen molar-refractivity contribution < 1.29 is 14.2 Å². The summed E-state index contributed by atoms with van der Waals surface area (Å²) >= 11 is 0. The fourth-order valence-corrected chi connectivity index (χ4v) is 3.19. The lowest BCUT2D eigenvalue weighted by Crippen LogP contribution is -2.39. The summed E-state index contributed by atoms with van der Waals surface area (Å²) in [4.78, 5) is 0. The Hall–Kier alpha value is -0.930. The maximum absolute atomic E-state index is 13.7. The van der Waals surface area contributed by atoms with Gasteiger partial charge in [0.05, 0.1) is 5.60 Å². The Kier molecular flexibility index (Phi) is 5.17. The van der Waals surface area contributed by atoms with Gasteiger partial charge in [-0.1, -0.05) is 37.8 Å². The van der Waals surface area contributed by atoms with Gasteiger partial charge in [0.1, 0.15) is 11.9 Å². The van der Waals surface area contributed by atoms with Crippen LogP contribution in [0.3, 0.4) is 0 Å². The maximum Gasteiger partial charge on any atom is 0.126 e. The first-order chi connectivity index (χ1) is 9.59. The molecular formula is C17H25FO2. The second kappa shape index (κ2) is 6.68. The Bertz CT molecular complexity index is 437. The second-order valence-electron chi connectivity index (χ2n) is 5.82. The fourth-order valence-electron chi connectivity index (χ4n) is 3.19. The van der Waals surface area contributed by atoms with Crippen LogP contribution in [-0.4, -0.2) is 17.3 Å². The molecule has 1 saturated carbocycles. The van der Waals surface area contributed by atoms with Crippen LogP contribution in [0.1, 0.15) is 62.7 Å². The first kappa shape index (κ1) is 15.5. The first-order valence-corrected chi connectivity index (χ1v) is 7.67. The number of halogens is 1. The average Bonchev–Trinajstić information content (AvgIpc) is 2.68. The summed E-state index contributed by atoms with van der Waals surface area (Å²) in [5.74, 6) is -0.262. The third-order valence-corrected chi connectivity index (χ3v) is 4.39. The molecule has 1 fully saturated rings. The molecule has 3 heteroatoms. The van der Waals surface area contributed by atoms with Crippen LogP contribution in [0.4, 0.5) is 4.39 Å². The topological polar surface area (TPSA) is 29.5 Å². The zero-order chi connectivity index (χ0) is 14.6. The number of aliphatic hydroxyl groups excluding tert-OH is 1. The highest BCUT2D eigenvalue weighted by Crippen LogP contribution is 2.40. The molecule has 0 bridgehead atoms. The smallest absolute Gasteiger partial charge is 0.126 e. The molecular weight excluding hydrogens is 255 g/mol. The van der Waals surface area contributed by atoms with E-state index in [1.54, 1.807) is 13.0 Å². The van der Waals surface area contributed by atoms with Crippen molar-refractivity contribution in [3.63, 3.8) is 0 Å². The monoisotopic (exact) mass is 280 g/mol. The predicted octanol–water partition coefficient (Wildman–Crippen LogP) is 4.30. The molecule has 0 aromatic heterocycles. The number of rotatable bonds is 4. The molecule has 0 heterocycles. The van der Waals surface area contributed by atoms with Crippen molar-refractivity contribution in [3.8, 4) is 0 Å². The Balaban J connectivity index is 2.29. The van der Waals surface area contributed by atoms with Crippen molar-refractivity contribution in [1.82, 2.24) is 0 Å². The minimum absolute atomic E-state index is 0.262. The van der Waals surface area contributed by atoms with Gasteiger partial charge in [0.15, 0.2) is 0 Å². The number of benzene rings is 1. The molecule has 1 aromatic rings. The summed E-state index contributed by atoms with van der Waals surface area (Å²) < 4.78 is 19.7. The van der Waals surface area contributed by atoms with Gasteiger partial charge in [-0.2, -0.15) is 0 Å². The molecule has 1 aliphatic rings. The molecule has 1 unspecified atom stereocenters. The average molecular weight is 280 g/mol. The van der Waals surface area contributed by atoms with E-state index in [0.717, 1.165) is 25.7 Å². The van der Waals surface area contributed by atoms with Crippen molar-refractivity contribution in [2.75, 3.05) is 6.61 Å². The van der Waals surface area contributed by atoms with Crippen molar-refractivity contribution in [3.05, 3.63) is 35.1 Å². The summed E-state index contributed by atoms with van der Waals surface area (Å²) in [5.41, 5.74) is 0.683. The minimum atomic E-state index is -0.754. The van der Waals surface area contributed by atoms with Gasteiger partial charge in [-0.05, 0) is 43.9 Å². The molecule has 2 rings (SSSR count). The number of hydrogen-bond donors (Lipinski definition) is 1. The van der Waals surface area contributed by atoms with Crippen molar-refractivity contribution in [1.29, 1.82) is 0 Å². The lowest BCUT2D eigenvalue weighted by Gasteiger charge is -2.37. The van der Waals surface area contributed by atoms with Gasteiger partial charge in [0.2, 0.25) is 0 Å². The Morgan fingerprint density at radius 1 is 1.25 bits per heavy atom. The molecule has 112 valence electrons. The van der Waals surface area contributed by atoms with E-state index < -0.39 is 11.7 Å². The lowest BCUT2D eigenvalue weighted by atomic mass is 9.84. The van der Waals surface area contributed by atoms with Crippen LogP contribution >= 0.6 is 0 Å². The summed E-state index contributed by atoms with van der Waals surface area (Å²) in [5, 5.41) is 10.8. The molecule has 0 spiro atoms. The van der Waals surface area contributed by atoms with Gasteiger partial charge in [0, 0.05) is 6.61 Å². The number of aryl methyl sites for hydroxylation is 1. The van der Waals surface area contributed by atoms with Crippen LogP contribution in [0, 0.1) is 12.7 Å². The number of hydrogen-bond acceptors (Lipinski definition) is 2. The molecule has 0 radical (unpaired) electrons. The normalized spacial score (nSPS) is 20.4. The van der Waals surface area contributed by atoms with E-state index in [1.807, 2.05) is 13.0 Å². The van der Waals surface area contributed by atoms with Crippen LogP contribution in [0.25, 0.3) is 0 Å². The largest absolute Gasteiger partial charge is 0.385 e. The Morgan fingerprint density at radius 2 is 1.90 bits per heavy atom. The van der Waals surface area contributed by atoms with E-state index in [2.05, 4.69) is 0 Å². The van der Waals surface area contributed by atoms with Gasteiger partial charge in [-0.15, -0.1) is 0 Å². The molecule has 0 aliphatic heterocycles. The zero-order valence-corrected chi connectivity index (χ0v) is 12.5. The van der Waals surface area contributed by atoms with E-state index in [1.165, 1.54) is 18.9 Å². The predicted molar refractivity (Wildman–Crippen MR) is 78.2 cm³/mol. The molecule has 1 N–H and O–H groups in total. The Morgan fingerprint density at radius 3 is 2.45 bits per heavy atom. The number of aliphatic hydroxyl groups is 1. The van der Waals surface area contributed by atoms with E-state index in [0.29, 0.717) is 17.7 Å². The van der Waals surface area contributed by atoms with Gasteiger partial charge >= 0.3 is 0 Å². The quantitative estimate of drug-likeness (QED) is 0.833. The summed E-state index contributed by atoms with van der Waals surface area (Å²) in [6, 6.07) is 4.99. The molecule has 0 saturated heterocycles. The highest BCUT2D eigenvalue weighted by molar-refractivity contribution is 5.27. The summed E-state index contributed by atoms with van der Waals surface area (Å²) in [6.07, 6.45) is 5.43. The van der Waals surface area contributed by atoms with Crippen molar-refractivity contribution in [2.45, 2.75) is 64.1 Å². The molecule has 0 amide bonds. The molecule has 1 aromatic carbocycles. The van der Waals surface area contributed by atoms with Crippen LogP contribution in [0.15, 0.2) is 18.2 Å². The van der Waals surface area contributed by atoms with Crippen molar-refractivity contribution >= 4 is 0 Å². The first-order valence-electron chi connectivity index (χ1n) is 7.67. The van der Waals surface area contributed by atoms with E-state index in [-0.39, 0.29) is 5.82 Å². The van der Waals surface area contributed by atoms with Gasteiger partial charge in [0.25, 0.3) is 0 Å². The lowest BCUT2D eigenvalue weighted by molar-refractivity contribution is -0.131. The third kappa shape index (κ3) is 3.21. The van der Waals surface area contributed by atoms with Crippen LogP contribution in [0.5, 0.6) is 0 Å². The van der Waals surface area contributed by atoms with E-state index in [4.69, 9.17) is 4.74 Å².